The number of hydrogen-bond donors (Lipinski definition) is 2. The van der Waals surface area contributed by atoms with Crippen LogP contribution in [-0.2, 0) is 21.9 Å². The molecule has 2 N–H and O–H groups in total. The summed E-state index contributed by atoms with van der Waals surface area (Å²) in [4.78, 5) is 9.65. The molecule has 0 radical (unpaired) electrons. The molecule has 0 saturated heterocycles. The average Bonchev–Trinajstić information content (AvgIpc) is 1.65. The summed E-state index contributed by atoms with van der Waals surface area (Å²) in [5.74, 6) is -1.13. The number of carboxylic acid groups (broad SMARTS) is 1. The molecule has 0 bridgehead atoms. The molecule has 0 amide bonds. The normalized spacial score (nSPS) is 11.8. The Bertz CT molecular complexity index is 79.7. The summed E-state index contributed by atoms with van der Waals surface area (Å²) < 4.78 is 0. The van der Waals surface area contributed by atoms with Crippen LogP contribution in [0.4, 0.5) is 0 Å². The van der Waals surface area contributed by atoms with Crippen molar-refractivity contribution in [3.63, 3.8) is 0 Å². The third-order valence-corrected chi connectivity index (χ3v) is 0.893. The van der Waals surface area contributed by atoms with Crippen molar-refractivity contribution in [3.05, 3.63) is 0 Å². The predicted octanol–water partition coefficient (Wildman–Crippen LogP) is -2.01. The number of rotatable bonds is 2. The molecule has 0 rings (SSSR count). The summed E-state index contributed by atoms with van der Waals surface area (Å²) >= 11 is 3.61. The minimum atomic E-state index is -1.25. The van der Waals surface area contributed by atoms with Gasteiger partial charge in [-0.3, -0.25) is 0 Å². The fraction of sp³-hybridized carbons (Fsp3) is 0.667. The standard InChI is InChI=1S/C3H7NO2S.Fe/c4-2(1-7)3(5)6;/h2,7H,1,4H2,(H,5,6);/p-1/t2-;/m0./s1. The minimum absolute atomic E-state index is 0. The summed E-state index contributed by atoms with van der Waals surface area (Å²) in [5, 5.41) is 9.65. The number of thiol groups is 1. The van der Waals surface area contributed by atoms with Crippen molar-refractivity contribution in [1.29, 1.82) is 0 Å². The van der Waals surface area contributed by atoms with E-state index in [1.807, 2.05) is 0 Å². The summed E-state index contributed by atoms with van der Waals surface area (Å²) in [5.41, 5.74) is 4.88. The molecule has 0 aliphatic carbocycles. The van der Waals surface area contributed by atoms with E-state index in [1.165, 1.54) is 0 Å². The van der Waals surface area contributed by atoms with Crippen LogP contribution >= 0.6 is 12.6 Å². The fourth-order valence-electron chi connectivity index (χ4n) is 0.0745. The van der Waals surface area contributed by atoms with Crippen molar-refractivity contribution in [3.8, 4) is 0 Å². The van der Waals surface area contributed by atoms with E-state index in [9.17, 15) is 9.90 Å². The van der Waals surface area contributed by atoms with Crippen molar-refractivity contribution in [1.82, 2.24) is 0 Å². The Morgan fingerprint density at radius 3 is 2.25 bits per heavy atom. The first-order valence-electron chi connectivity index (χ1n) is 1.75. The molecule has 0 aliphatic heterocycles. The van der Waals surface area contributed by atoms with E-state index in [1.54, 1.807) is 0 Å². The van der Waals surface area contributed by atoms with Crippen molar-refractivity contribution < 1.29 is 27.0 Å². The molecule has 3 nitrogen and oxygen atoms in total. The predicted molar refractivity (Wildman–Crippen MR) is 26.8 cm³/mol. The van der Waals surface area contributed by atoms with Crippen LogP contribution in [0.25, 0.3) is 0 Å². The van der Waals surface area contributed by atoms with Gasteiger partial charge in [-0.2, -0.15) is 12.6 Å². The maximum atomic E-state index is 9.65. The molecule has 1 atom stereocenters. The van der Waals surface area contributed by atoms with Crippen LogP contribution in [0.15, 0.2) is 0 Å². The number of carbonyl (C=O) groups is 1. The molecule has 0 spiro atoms. The van der Waals surface area contributed by atoms with Crippen LogP contribution in [0.1, 0.15) is 0 Å². The Morgan fingerprint density at radius 2 is 2.25 bits per heavy atom. The molecular formula is C3H6FeNO2S-. The van der Waals surface area contributed by atoms with Gasteiger partial charge in [0.25, 0.3) is 0 Å². The van der Waals surface area contributed by atoms with Gasteiger partial charge in [0, 0.05) is 22.8 Å². The van der Waals surface area contributed by atoms with Crippen molar-refractivity contribution in [2.24, 2.45) is 5.73 Å². The number of carboxylic acids is 1. The maximum Gasteiger partial charge on any atom is 0.0590 e. The van der Waals surface area contributed by atoms with Crippen LogP contribution in [0.3, 0.4) is 0 Å². The number of aliphatic carboxylic acids is 1. The van der Waals surface area contributed by atoms with E-state index in [-0.39, 0.29) is 22.8 Å². The SMILES string of the molecule is N[C@@H](CS)C(=O)[O-].[Fe]. The van der Waals surface area contributed by atoms with Crippen LogP contribution in [0.2, 0.25) is 0 Å². The Kier molecular flexibility index (Phi) is 7.57. The van der Waals surface area contributed by atoms with Gasteiger partial charge in [0.2, 0.25) is 0 Å². The molecule has 50 valence electrons. The first-order valence-corrected chi connectivity index (χ1v) is 2.39. The average molecular weight is 176 g/mol. The first-order chi connectivity index (χ1) is 3.18. The zero-order valence-electron chi connectivity index (χ0n) is 3.98. The van der Waals surface area contributed by atoms with Crippen molar-refractivity contribution >= 4 is 18.6 Å². The van der Waals surface area contributed by atoms with Gasteiger partial charge in [0.15, 0.2) is 0 Å². The third kappa shape index (κ3) is 4.46. The van der Waals surface area contributed by atoms with E-state index >= 15 is 0 Å². The van der Waals surface area contributed by atoms with Gasteiger partial charge in [-0.05, 0) is 0 Å². The molecule has 8 heavy (non-hydrogen) atoms. The Hall–Kier alpha value is 0.299. The van der Waals surface area contributed by atoms with Crippen molar-refractivity contribution in [2.45, 2.75) is 6.04 Å². The Labute approximate surface area is 63.5 Å². The van der Waals surface area contributed by atoms with Crippen molar-refractivity contribution in [2.75, 3.05) is 5.75 Å². The molecule has 0 aromatic carbocycles. The quantitative estimate of drug-likeness (QED) is 0.377. The smallest absolute Gasteiger partial charge is 0.0590 e. The summed E-state index contributed by atoms with van der Waals surface area (Å²) in [6.07, 6.45) is 0. The molecule has 0 saturated carbocycles. The van der Waals surface area contributed by atoms with Gasteiger partial charge >= 0.3 is 0 Å². The third-order valence-electron chi connectivity index (χ3n) is 0.499. The van der Waals surface area contributed by atoms with Gasteiger partial charge in [-0.15, -0.1) is 0 Å². The molecule has 0 heterocycles. The first kappa shape index (κ1) is 11.1. The van der Waals surface area contributed by atoms with Gasteiger partial charge in [0.1, 0.15) is 0 Å². The van der Waals surface area contributed by atoms with Gasteiger partial charge in [-0.25, -0.2) is 0 Å². The number of hydrogen-bond acceptors (Lipinski definition) is 4. The molecular weight excluding hydrogens is 170 g/mol. The second-order valence-electron chi connectivity index (χ2n) is 1.11. The molecule has 5 heteroatoms. The Morgan fingerprint density at radius 1 is 1.88 bits per heavy atom. The molecule has 0 aromatic rings. The summed E-state index contributed by atoms with van der Waals surface area (Å²) in [7, 11) is 0. The minimum Gasteiger partial charge on any atom is -0.548 e. The van der Waals surface area contributed by atoms with Crippen LogP contribution in [-0.4, -0.2) is 17.8 Å². The van der Waals surface area contributed by atoms with Gasteiger partial charge in [-0.1, -0.05) is 0 Å². The van der Waals surface area contributed by atoms with Crippen LogP contribution < -0.4 is 10.8 Å². The second-order valence-corrected chi connectivity index (χ2v) is 1.47. The molecule has 0 fully saturated rings. The van der Waals surface area contributed by atoms with E-state index in [2.05, 4.69) is 12.6 Å². The summed E-state index contributed by atoms with van der Waals surface area (Å²) in [6.45, 7) is 0. The zero-order chi connectivity index (χ0) is 5.86. The topological polar surface area (TPSA) is 66.2 Å². The summed E-state index contributed by atoms with van der Waals surface area (Å²) in [6, 6.07) is -0.927. The van der Waals surface area contributed by atoms with Gasteiger partial charge < -0.3 is 15.6 Å². The largest absolute Gasteiger partial charge is 0.548 e. The Balaban J connectivity index is 0. The van der Waals surface area contributed by atoms with E-state index in [0.717, 1.165) is 0 Å². The fourth-order valence-corrected chi connectivity index (χ4v) is 0.224. The number of nitrogens with two attached hydrogens (primary N) is 1. The van der Waals surface area contributed by atoms with E-state index in [4.69, 9.17) is 5.73 Å². The zero-order valence-corrected chi connectivity index (χ0v) is 5.98. The van der Waals surface area contributed by atoms with Crippen LogP contribution in [0, 0.1) is 0 Å². The monoisotopic (exact) mass is 176 g/mol. The van der Waals surface area contributed by atoms with Gasteiger partial charge in [0.05, 0.1) is 12.0 Å². The molecule has 0 aromatic heterocycles. The molecule has 0 aliphatic rings. The van der Waals surface area contributed by atoms with E-state index in [0.29, 0.717) is 0 Å². The van der Waals surface area contributed by atoms with Crippen LogP contribution in [0.5, 0.6) is 0 Å². The number of carbonyl (C=O) groups excluding carboxylic acids is 1. The second kappa shape index (κ2) is 5.44. The van der Waals surface area contributed by atoms with E-state index < -0.39 is 12.0 Å². The molecule has 0 unspecified atom stereocenters. The maximum absolute atomic E-state index is 9.65.